The second-order valence-corrected chi connectivity index (χ2v) is 4.07. The second kappa shape index (κ2) is 6.03. The van der Waals surface area contributed by atoms with Gasteiger partial charge >= 0.3 is 0 Å². The first-order valence-corrected chi connectivity index (χ1v) is 5.73. The molecular weight excluding hydrogens is 206 g/mol. The summed E-state index contributed by atoms with van der Waals surface area (Å²) in [7, 11) is 3.78. The molecule has 15 heavy (non-hydrogen) atoms. The molecule has 0 fully saturated rings. The maximum atomic E-state index is 5.33. The topological polar surface area (TPSA) is 12.5 Å². The number of nitrogens with zero attached hydrogens (tertiary/aromatic N) is 1. The molecule has 0 saturated heterocycles. The predicted octanol–water partition coefficient (Wildman–Crippen LogP) is 2.37. The van der Waals surface area contributed by atoms with Gasteiger partial charge in [0.25, 0.3) is 0 Å². The summed E-state index contributed by atoms with van der Waals surface area (Å²) in [6.45, 7) is 3.11. The molecule has 0 saturated carbocycles. The van der Waals surface area contributed by atoms with Crippen LogP contribution < -0.4 is 4.74 Å². The Bertz CT molecular complexity index is 314. The summed E-state index contributed by atoms with van der Waals surface area (Å²) in [5.74, 6) is 1.77. The molecule has 84 valence electrons. The van der Waals surface area contributed by atoms with Gasteiger partial charge in [-0.1, -0.05) is 17.7 Å². The van der Waals surface area contributed by atoms with E-state index in [-0.39, 0.29) is 0 Å². The Hall–Kier alpha value is -0.670. The number of methoxy groups -OCH3 is 1. The van der Waals surface area contributed by atoms with Crippen LogP contribution in [0.1, 0.15) is 11.1 Å². The van der Waals surface area contributed by atoms with Crippen LogP contribution in [0.5, 0.6) is 5.75 Å². The molecule has 1 rings (SSSR count). The summed E-state index contributed by atoms with van der Waals surface area (Å²) >= 11 is 4.23. The van der Waals surface area contributed by atoms with E-state index in [1.807, 2.05) is 6.07 Å². The lowest BCUT2D eigenvalue weighted by Gasteiger charge is -2.15. The van der Waals surface area contributed by atoms with Gasteiger partial charge in [0.1, 0.15) is 5.75 Å². The van der Waals surface area contributed by atoms with Crippen LogP contribution in [0.15, 0.2) is 18.2 Å². The number of hydrogen-bond acceptors (Lipinski definition) is 3. The van der Waals surface area contributed by atoms with Crippen molar-refractivity contribution in [2.45, 2.75) is 13.3 Å². The fourth-order valence-corrected chi connectivity index (χ4v) is 1.63. The lowest BCUT2D eigenvalue weighted by Crippen LogP contribution is -2.19. The van der Waals surface area contributed by atoms with Gasteiger partial charge in [-0.15, -0.1) is 0 Å². The summed E-state index contributed by atoms with van der Waals surface area (Å²) in [6.07, 6.45) is 1.00. The highest BCUT2D eigenvalue weighted by Gasteiger charge is 2.04. The number of aryl methyl sites for hydroxylation is 1. The van der Waals surface area contributed by atoms with Crippen LogP contribution >= 0.6 is 12.6 Å². The zero-order valence-corrected chi connectivity index (χ0v) is 10.6. The zero-order valence-electron chi connectivity index (χ0n) is 9.66. The van der Waals surface area contributed by atoms with E-state index in [2.05, 4.69) is 43.6 Å². The second-order valence-electron chi connectivity index (χ2n) is 3.79. The maximum absolute atomic E-state index is 5.33. The molecule has 0 atom stereocenters. The van der Waals surface area contributed by atoms with Crippen molar-refractivity contribution in [1.29, 1.82) is 0 Å². The molecule has 1 aromatic carbocycles. The summed E-state index contributed by atoms with van der Waals surface area (Å²) in [5, 5.41) is 0. The average molecular weight is 225 g/mol. The van der Waals surface area contributed by atoms with E-state index in [1.165, 1.54) is 11.1 Å². The molecular formula is C12H19NOS. The van der Waals surface area contributed by atoms with E-state index < -0.39 is 0 Å². The van der Waals surface area contributed by atoms with Crippen LogP contribution in [0.2, 0.25) is 0 Å². The van der Waals surface area contributed by atoms with Crippen molar-refractivity contribution in [3.8, 4) is 5.75 Å². The third kappa shape index (κ3) is 3.76. The number of benzene rings is 1. The lowest BCUT2D eigenvalue weighted by molar-refractivity contribution is 0.384. The van der Waals surface area contributed by atoms with Gasteiger partial charge in [0, 0.05) is 12.4 Å². The fourth-order valence-electron chi connectivity index (χ4n) is 1.48. The predicted molar refractivity (Wildman–Crippen MR) is 67.9 cm³/mol. The van der Waals surface area contributed by atoms with Gasteiger partial charge < -0.3 is 4.74 Å². The Morgan fingerprint density at radius 1 is 1.40 bits per heavy atom. The molecule has 0 aliphatic rings. The molecule has 0 bridgehead atoms. The van der Waals surface area contributed by atoms with E-state index >= 15 is 0 Å². The molecule has 0 spiro atoms. The smallest absolute Gasteiger partial charge is 0.122 e. The molecule has 0 aliphatic heterocycles. The highest BCUT2D eigenvalue weighted by molar-refractivity contribution is 7.80. The van der Waals surface area contributed by atoms with Crippen molar-refractivity contribution < 1.29 is 4.74 Å². The van der Waals surface area contributed by atoms with Crippen LogP contribution in [0.3, 0.4) is 0 Å². The molecule has 0 N–H and O–H groups in total. The van der Waals surface area contributed by atoms with E-state index in [0.717, 1.165) is 24.6 Å². The molecule has 0 aliphatic carbocycles. The normalized spacial score (nSPS) is 10.7. The van der Waals surface area contributed by atoms with Gasteiger partial charge in [0.2, 0.25) is 0 Å². The van der Waals surface area contributed by atoms with Gasteiger partial charge in [0.15, 0.2) is 0 Å². The molecule has 0 unspecified atom stereocenters. The Labute approximate surface area is 97.6 Å². The first kappa shape index (κ1) is 12.4. The Morgan fingerprint density at radius 2 is 2.13 bits per heavy atom. The first-order valence-electron chi connectivity index (χ1n) is 5.10. The van der Waals surface area contributed by atoms with E-state index in [4.69, 9.17) is 4.74 Å². The van der Waals surface area contributed by atoms with E-state index in [0.29, 0.717) is 0 Å². The Morgan fingerprint density at radius 3 is 2.73 bits per heavy atom. The van der Waals surface area contributed by atoms with Gasteiger partial charge in [-0.2, -0.15) is 12.6 Å². The molecule has 0 aromatic heterocycles. The number of thiol groups is 1. The minimum atomic E-state index is 0.786. The van der Waals surface area contributed by atoms with Crippen molar-refractivity contribution in [2.75, 3.05) is 26.6 Å². The number of rotatable bonds is 5. The van der Waals surface area contributed by atoms with Gasteiger partial charge in [0.05, 0.1) is 7.11 Å². The molecule has 2 nitrogen and oxygen atoms in total. The maximum Gasteiger partial charge on any atom is 0.122 e. The third-order valence-corrected chi connectivity index (χ3v) is 2.92. The van der Waals surface area contributed by atoms with Gasteiger partial charge in [-0.25, -0.2) is 0 Å². The number of ether oxygens (including phenoxy) is 1. The highest BCUT2D eigenvalue weighted by Crippen LogP contribution is 2.20. The number of likely N-dealkylation sites (N-methyl/N-ethyl adjacent to an activating group) is 1. The summed E-state index contributed by atoms with van der Waals surface area (Å²) < 4.78 is 5.33. The van der Waals surface area contributed by atoms with Crippen molar-refractivity contribution in [3.05, 3.63) is 29.3 Å². The fraction of sp³-hybridized carbons (Fsp3) is 0.500. The SMILES string of the molecule is COc1ccc(C)cc1CCN(C)CS. The molecule has 0 radical (unpaired) electrons. The highest BCUT2D eigenvalue weighted by atomic mass is 32.1. The summed E-state index contributed by atoms with van der Waals surface area (Å²) in [5.41, 5.74) is 2.55. The minimum Gasteiger partial charge on any atom is -0.496 e. The van der Waals surface area contributed by atoms with Crippen molar-refractivity contribution >= 4 is 12.6 Å². The molecule has 3 heteroatoms. The molecule has 0 heterocycles. The van der Waals surface area contributed by atoms with Crippen LogP contribution in [0.25, 0.3) is 0 Å². The standard InChI is InChI=1S/C12H19NOS/c1-10-4-5-12(14-3)11(8-10)6-7-13(2)9-15/h4-5,8,15H,6-7,9H2,1-3H3. The van der Waals surface area contributed by atoms with E-state index in [1.54, 1.807) is 7.11 Å². The van der Waals surface area contributed by atoms with Crippen molar-refractivity contribution in [3.63, 3.8) is 0 Å². The number of hydrogen-bond donors (Lipinski definition) is 1. The van der Waals surface area contributed by atoms with Crippen LogP contribution in [0.4, 0.5) is 0 Å². The van der Waals surface area contributed by atoms with Crippen molar-refractivity contribution in [2.24, 2.45) is 0 Å². The van der Waals surface area contributed by atoms with Crippen LogP contribution in [-0.2, 0) is 6.42 Å². The van der Waals surface area contributed by atoms with Crippen LogP contribution in [-0.4, -0.2) is 31.5 Å². The lowest BCUT2D eigenvalue weighted by atomic mass is 10.1. The average Bonchev–Trinajstić information content (AvgIpc) is 2.26. The van der Waals surface area contributed by atoms with Crippen LogP contribution in [0, 0.1) is 6.92 Å². The Kier molecular flexibility index (Phi) is 4.99. The molecule has 1 aromatic rings. The Balaban J connectivity index is 2.69. The van der Waals surface area contributed by atoms with Gasteiger partial charge in [-0.05, 0) is 32.0 Å². The van der Waals surface area contributed by atoms with Crippen molar-refractivity contribution in [1.82, 2.24) is 4.90 Å². The summed E-state index contributed by atoms with van der Waals surface area (Å²) in [4.78, 5) is 2.17. The summed E-state index contributed by atoms with van der Waals surface area (Å²) in [6, 6.07) is 6.29. The van der Waals surface area contributed by atoms with Gasteiger partial charge in [-0.3, -0.25) is 4.90 Å². The largest absolute Gasteiger partial charge is 0.496 e. The third-order valence-electron chi connectivity index (χ3n) is 2.44. The monoisotopic (exact) mass is 225 g/mol. The first-order chi connectivity index (χ1) is 7.17. The van der Waals surface area contributed by atoms with E-state index in [9.17, 15) is 0 Å². The zero-order chi connectivity index (χ0) is 11.3. The minimum absolute atomic E-state index is 0.786. The molecule has 0 amide bonds. The quantitative estimate of drug-likeness (QED) is 0.610.